The number of aromatic amines is 1. The molecule has 1 N–H and O–H groups in total. The fraction of sp³-hybridized carbons (Fsp3) is 0.333. The van der Waals surface area contributed by atoms with Crippen LogP contribution in [0.3, 0.4) is 0 Å². The predicted octanol–water partition coefficient (Wildman–Crippen LogP) is 2.60. The molecule has 5 rings (SSSR count). The van der Waals surface area contributed by atoms with E-state index in [4.69, 9.17) is 4.74 Å². The van der Waals surface area contributed by atoms with E-state index < -0.39 is 0 Å². The second-order valence-electron chi connectivity index (χ2n) is 8.31. The lowest BCUT2D eigenvalue weighted by atomic mass is 10.0. The lowest BCUT2D eigenvalue weighted by Gasteiger charge is -2.33. The van der Waals surface area contributed by atoms with Gasteiger partial charge < -0.3 is 9.72 Å². The van der Waals surface area contributed by atoms with E-state index in [1.165, 1.54) is 5.56 Å². The molecular formula is C24H26N6O2. The highest BCUT2D eigenvalue weighted by molar-refractivity contribution is 5.81. The molecule has 8 nitrogen and oxygen atoms in total. The molecule has 2 aromatic carbocycles. The topological polar surface area (TPSA) is 88.9 Å². The highest BCUT2D eigenvalue weighted by atomic mass is 16.5. The maximum atomic E-state index is 13.3. The van der Waals surface area contributed by atoms with Crippen LogP contribution in [0.15, 0.2) is 53.3 Å². The Labute approximate surface area is 185 Å². The van der Waals surface area contributed by atoms with Crippen molar-refractivity contribution in [1.29, 1.82) is 0 Å². The molecular weight excluding hydrogens is 404 g/mol. The number of ether oxygens (including phenoxy) is 1. The second kappa shape index (κ2) is 8.64. The smallest absolute Gasteiger partial charge is 0.253 e. The van der Waals surface area contributed by atoms with Crippen molar-refractivity contribution in [3.05, 3.63) is 87.0 Å². The van der Waals surface area contributed by atoms with Gasteiger partial charge in [0.2, 0.25) is 0 Å². The Morgan fingerprint density at radius 3 is 2.59 bits per heavy atom. The molecule has 0 aliphatic carbocycles. The molecule has 0 spiro atoms. The molecule has 3 heterocycles. The lowest BCUT2D eigenvalue weighted by Crippen LogP contribution is -2.42. The van der Waals surface area contributed by atoms with Gasteiger partial charge in [0.25, 0.3) is 5.56 Å². The summed E-state index contributed by atoms with van der Waals surface area (Å²) >= 11 is 0. The van der Waals surface area contributed by atoms with E-state index in [0.29, 0.717) is 44.2 Å². The van der Waals surface area contributed by atoms with Crippen molar-refractivity contribution in [3.8, 4) is 0 Å². The number of rotatable bonds is 5. The van der Waals surface area contributed by atoms with Crippen molar-refractivity contribution in [2.75, 3.05) is 26.3 Å². The van der Waals surface area contributed by atoms with Crippen LogP contribution in [0.4, 0.5) is 0 Å². The molecule has 164 valence electrons. The van der Waals surface area contributed by atoms with Crippen LogP contribution in [-0.2, 0) is 11.3 Å². The Hall–Kier alpha value is -3.36. The normalized spacial score (nSPS) is 15.8. The second-order valence-corrected chi connectivity index (χ2v) is 8.31. The van der Waals surface area contributed by atoms with Gasteiger partial charge in [-0.25, -0.2) is 4.68 Å². The number of nitrogens with one attached hydrogen (secondary N) is 1. The summed E-state index contributed by atoms with van der Waals surface area (Å²) < 4.78 is 7.36. The van der Waals surface area contributed by atoms with Crippen molar-refractivity contribution in [3.63, 3.8) is 0 Å². The number of aromatic nitrogens is 5. The Balaban J connectivity index is 1.63. The molecule has 8 heteroatoms. The van der Waals surface area contributed by atoms with Gasteiger partial charge in [0, 0.05) is 24.2 Å². The largest absolute Gasteiger partial charge is 0.379 e. The molecule has 1 unspecified atom stereocenters. The van der Waals surface area contributed by atoms with Crippen LogP contribution in [0.1, 0.15) is 34.1 Å². The Morgan fingerprint density at radius 2 is 1.81 bits per heavy atom. The summed E-state index contributed by atoms with van der Waals surface area (Å²) in [5, 5.41) is 13.6. The quantitative estimate of drug-likeness (QED) is 0.524. The van der Waals surface area contributed by atoms with Crippen LogP contribution in [0.5, 0.6) is 0 Å². The minimum Gasteiger partial charge on any atom is -0.379 e. The highest BCUT2D eigenvalue weighted by Gasteiger charge is 2.31. The van der Waals surface area contributed by atoms with E-state index in [9.17, 15) is 4.79 Å². The summed E-state index contributed by atoms with van der Waals surface area (Å²) in [4.78, 5) is 18.6. The molecule has 0 bridgehead atoms. The first kappa shape index (κ1) is 20.5. The monoisotopic (exact) mass is 430 g/mol. The van der Waals surface area contributed by atoms with Gasteiger partial charge in [-0.1, -0.05) is 30.3 Å². The number of fused-ring (bicyclic) bond motifs is 1. The predicted molar refractivity (Wildman–Crippen MR) is 122 cm³/mol. The van der Waals surface area contributed by atoms with Crippen molar-refractivity contribution in [2.45, 2.75) is 26.4 Å². The summed E-state index contributed by atoms with van der Waals surface area (Å²) in [6.45, 7) is 7.30. The van der Waals surface area contributed by atoms with Crippen LogP contribution in [0, 0.1) is 13.8 Å². The zero-order valence-corrected chi connectivity index (χ0v) is 18.3. The zero-order valence-electron chi connectivity index (χ0n) is 18.3. The maximum Gasteiger partial charge on any atom is 0.253 e. The molecule has 1 fully saturated rings. The van der Waals surface area contributed by atoms with Gasteiger partial charge in [0.1, 0.15) is 6.04 Å². The first-order valence-corrected chi connectivity index (χ1v) is 10.9. The van der Waals surface area contributed by atoms with Gasteiger partial charge in [-0.2, -0.15) is 0 Å². The first-order chi connectivity index (χ1) is 15.6. The minimum atomic E-state index is -0.368. The van der Waals surface area contributed by atoms with E-state index in [0.717, 1.165) is 22.0 Å². The number of hydrogen-bond donors (Lipinski definition) is 1. The third-order valence-corrected chi connectivity index (χ3v) is 6.17. The van der Waals surface area contributed by atoms with Crippen molar-refractivity contribution in [2.24, 2.45) is 0 Å². The van der Waals surface area contributed by atoms with Gasteiger partial charge in [-0.15, -0.1) is 5.10 Å². The van der Waals surface area contributed by atoms with Crippen LogP contribution < -0.4 is 5.56 Å². The molecule has 4 aromatic rings. The summed E-state index contributed by atoms with van der Waals surface area (Å²) in [6, 6.07) is 15.8. The molecule has 1 aliphatic heterocycles. The van der Waals surface area contributed by atoms with Crippen molar-refractivity contribution in [1.82, 2.24) is 30.1 Å². The standard InChI is InChI=1S/C24H26N6O2/c1-16-12-19-14-20(24(31)25-21(19)13-17(16)2)22(29-8-10-32-11-9-29)23-26-27-28-30(23)15-18-6-4-3-5-7-18/h3-7,12-14,22H,8-11,15H2,1-2H3,(H,25,31). The van der Waals surface area contributed by atoms with E-state index in [1.54, 1.807) is 4.68 Å². The van der Waals surface area contributed by atoms with E-state index in [-0.39, 0.29) is 11.6 Å². The number of pyridine rings is 1. The van der Waals surface area contributed by atoms with Crippen LogP contribution in [0.25, 0.3) is 10.9 Å². The number of hydrogen-bond acceptors (Lipinski definition) is 6. The number of aryl methyl sites for hydroxylation is 2. The molecule has 1 aliphatic rings. The summed E-state index contributed by atoms with van der Waals surface area (Å²) in [5.41, 5.74) is 4.80. The Morgan fingerprint density at radius 1 is 1.06 bits per heavy atom. The Kier molecular flexibility index (Phi) is 5.55. The molecule has 0 radical (unpaired) electrons. The van der Waals surface area contributed by atoms with Crippen LogP contribution in [0.2, 0.25) is 0 Å². The molecule has 0 amide bonds. The van der Waals surface area contributed by atoms with Crippen molar-refractivity contribution < 1.29 is 4.74 Å². The van der Waals surface area contributed by atoms with E-state index >= 15 is 0 Å². The van der Waals surface area contributed by atoms with Gasteiger partial charge in [-0.05, 0) is 64.5 Å². The van der Waals surface area contributed by atoms with Crippen LogP contribution in [-0.4, -0.2) is 56.4 Å². The molecule has 1 atom stereocenters. The molecule has 0 saturated carbocycles. The fourth-order valence-electron chi connectivity index (χ4n) is 4.31. The fourth-order valence-corrected chi connectivity index (χ4v) is 4.31. The summed E-state index contributed by atoms with van der Waals surface area (Å²) in [5.74, 6) is 0.657. The zero-order chi connectivity index (χ0) is 22.1. The number of morpholine rings is 1. The average Bonchev–Trinajstić information content (AvgIpc) is 3.25. The van der Waals surface area contributed by atoms with Gasteiger partial charge in [-0.3, -0.25) is 9.69 Å². The van der Waals surface area contributed by atoms with Gasteiger partial charge in [0.05, 0.1) is 19.8 Å². The number of H-pyrrole nitrogens is 1. The van der Waals surface area contributed by atoms with Crippen molar-refractivity contribution >= 4 is 10.9 Å². The third kappa shape index (κ3) is 3.94. The highest BCUT2D eigenvalue weighted by Crippen LogP contribution is 2.28. The summed E-state index contributed by atoms with van der Waals surface area (Å²) in [7, 11) is 0. The molecule has 32 heavy (non-hydrogen) atoms. The van der Waals surface area contributed by atoms with Crippen LogP contribution >= 0.6 is 0 Å². The molecule has 1 saturated heterocycles. The van der Waals surface area contributed by atoms with Gasteiger partial charge in [0.15, 0.2) is 5.82 Å². The number of nitrogens with zero attached hydrogens (tertiary/aromatic N) is 5. The number of benzene rings is 2. The Bertz CT molecular complexity index is 1290. The third-order valence-electron chi connectivity index (χ3n) is 6.17. The van der Waals surface area contributed by atoms with E-state index in [1.807, 2.05) is 42.5 Å². The van der Waals surface area contributed by atoms with E-state index in [2.05, 4.69) is 45.3 Å². The lowest BCUT2D eigenvalue weighted by molar-refractivity contribution is 0.0214. The number of tetrazole rings is 1. The maximum absolute atomic E-state index is 13.3. The SMILES string of the molecule is Cc1cc2cc(C(c3nnnn3Cc3ccccc3)N3CCOCC3)c(=O)[nH]c2cc1C. The average molecular weight is 431 g/mol. The summed E-state index contributed by atoms with van der Waals surface area (Å²) in [6.07, 6.45) is 0. The molecule has 2 aromatic heterocycles. The first-order valence-electron chi connectivity index (χ1n) is 10.9. The van der Waals surface area contributed by atoms with Gasteiger partial charge >= 0.3 is 0 Å². The minimum absolute atomic E-state index is 0.119.